The number of non-ortho nitro benzene ring substituents is 1. The van der Waals surface area contributed by atoms with Crippen LogP contribution in [-0.2, 0) is 0 Å². The number of rotatable bonds is 3. The molecule has 6 nitrogen and oxygen atoms in total. The first-order chi connectivity index (χ1) is 9.70. The second-order valence-electron chi connectivity index (χ2n) is 4.69. The zero-order valence-electron chi connectivity index (χ0n) is 10.7. The van der Waals surface area contributed by atoms with E-state index in [9.17, 15) is 10.1 Å². The Balaban J connectivity index is 1.93. The van der Waals surface area contributed by atoms with Crippen molar-refractivity contribution >= 4 is 11.5 Å². The number of nitrogens with zero attached hydrogens (tertiary/aromatic N) is 3. The van der Waals surface area contributed by atoms with Crippen LogP contribution in [-0.4, -0.2) is 28.2 Å². The van der Waals surface area contributed by atoms with Crippen molar-refractivity contribution in [3.8, 4) is 0 Å². The summed E-state index contributed by atoms with van der Waals surface area (Å²) in [4.78, 5) is 17.0. The fourth-order valence-electron chi connectivity index (χ4n) is 2.55. The molecule has 2 atom stereocenters. The van der Waals surface area contributed by atoms with Gasteiger partial charge in [-0.05, 0) is 29.8 Å². The molecule has 3 rings (SSSR count). The van der Waals surface area contributed by atoms with Crippen molar-refractivity contribution in [2.24, 2.45) is 10.7 Å². The van der Waals surface area contributed by atoms with Crippen LogP contribution >= 0.6 is 0 Å². The van der Waals surface area contributed by atoms with E-state index in [1.807, 2.05) is 29.3 Å². The first-order valence-electron chi connectivity index (χ1n) is 6.36. The molecule has 2 aliphatic heterocycles. The van der Waals surface area contributed by atoms with Crippen LogP contribution in [0.4, 0.5) is 5.69 Å². The van der Waals surface area contributed by atoms with Gasteiger partial charge < -0.3 is 10.6 Å². The summed E-state index contributed by atoms with van der Waals surface area (Å²) < 4.78 is 0. The average Bonchev–Trinajstić information content (AvgIpc) is 2.85. The topological polar surface area (TPSA) is 84.8 Å². The molecule has 1 aromatic carbocycles. The van der Waals surface area contributed by atoms with E-state index in [2.05, 4.69) is 4.99 Å². The minimum Gasteiger partial charge on any atom is -0.328 e. The standard InChI is InChI=1S/C14H14N4O2/c15-9-12-14(16-13-3-1-2-8-17(12)13)10-4-6-11(7-5-10)18(19)20/h1-8,12,14H,9,15H2/t12-,14+/m0/s1. The number of nitro groups is 1. The first-order valence-corrected chi connectivity index (χ1v) is 6.36. The molecule has 2 heterocycles. The summed E-state index contributed by atoms with van der Waals surface area (Å²) in [5, 5.41) is 10.7. The second-order valence-corrected chi connectivity index (χ2v) is 4.69. The van der Waals surface area contributed by atoms with Crippen molar-refractivity contribution in [3.63, 3.8) is 0 Å². The summed E-state index contributed by atoms with van der Waals surface area (Å²) >= 11 is 0. The summed E-state index contributed by atoms with van der Waals surface area (Å²) in [6, 6.07) is 6.47. The van der Waals surface area contributed by atoms with E-state index in [-0.39, 0.29) is 17.8 Å². The van der Waals surface area contributed by atoms with Crippen molar-refractivity contribution < 1.29 is 4.92 Å². The van der Waals surface area contributed by atoms with Crippen molar-refractivity contribution in [2.45, 2.75) is 12.1 Å². The minimum atomic E-state index is -0.403. The molecule has 0 bridgehead atoms. The first kappa shape index (κ1) is 12.6. The minimum absolute atomic E-state index is 0.0488. The van der Waals surface area contributed by atoms with Gasteiger partial charge in [0.1, 0.15) is 5.84 Å². The molecule has 0 aromatic heterocycles. The van der Waals surface area contributed by atoms with Gasteiger partial charge in [0.25, 0.3) is 5.69 Å². The number of fused-ring (bicyclic) bond motifs is 1. The van der Waals surface area contributed by atoms with Gasteiger partial charge >= 0.3 is 0 Å². The predicted molar refractivity (Wildman–Crippen MR) is 76.2 cm³/mol. The Morgan fingerprint density at radius 3 is 2.70 bits per heavy atom. The van der Waals surface area contributed by atoms with E-state index in [1.165, 1.54) is 12.1 Å². The fraction of sp³-hybridized carbons (Fsp3) is 0.214. The second kappa shape index (κ2) is 4.90. The Kier molecular flexibility index (Phi) is 3.08. The molecule has 2 N–H and O–H groups in total. The lowest BCUT2D eigenvalue weighted by atomic mass is 10.00. The van der Waals surface area contributed by atoms with E-state index in [4.69, 9.17) is 5.73 Å². The lowest BCUT2D eigenvalue weighted by Crippen LogP contribution is -2.39. The Hall–Kier alpha value is -2.47. The number of nitrogens with two attached hydrogens (primary N) is 1. The summed E-state index contributed by atoms with van der Waals surface area (Å²) in [6.07, 6.45) is 7.77. The van der Waals surface area contributed by atoms with Gasteiger partial charge in [0.2, 0.25) is 0 Å². The molecule has 0 saturated carbocycles. The maximum Gasteiger partial charge on any atom is 0.269 e. The molecule has 0 aliphatic carbocycles. The average molecular weight is 270 g/mol. The highest BCUT2D eigenvalue weighted by molar-refractivity contribution is 5.96. The molecule has 0 amide bonds. The largest absolute Gasteiger partial charge is 0.328 e. The molecule has 2 aliphatic rings. The van der Waals surface area contributed by atoms with Crippen LogP contribution in [0.25, 0.3) is 0 Å². The van der Waals surface area contributed by atoms with Gasteiger partial charge in [0.05, 0.1) is 17.0 Å². The number of aliphatic imine (C=N–C) groups is 1. The number of amidine groups is 1. The lowest BCUT2D eigenvalue weighted by Gasteiger charge is -2.26. The van der Waals surface area contributed by atoms with Gasteiger partial charge in [-0.15, -0.1) is 0 Å². The van der Waals surface area contributed by atoms with Gasteiger partial charge in [-0.1, -0.05) is 6.08 Å². The van der Waals surface area contributed by atoms with Crippen LogP contribution in [0.2, 0.25) is 0 Å². The molecule has 0 saturated heterocycles. The number of hydrogen-bond acceptors (Lipinski definition) is 5. The summed E-state index contributed by atoms with van der Waals surface area (Å²) in [6.45, 7) is 0.465. The smallest absolute Gasteiger partial charge is 0.269 e. The van der Waals surface area contributed by atoms with E-state index >= 15 is 0 Å². The highest BCUT2D eigenvalue weighted by atomic mass is 16.6. The molecule has 1 aromatic rings. The summed E-state index contributed by atoms with van der Waals surface area (Å²) in [5.41, 5.74) is 6.89. The van der Waals surface area contributed by atoms with E-state index < -0.39 is 4.92 Å². The molecule has 0 fully saturated rings. The van der Waals surface area contributed by atoms with Gasteiger partial charge in [0, 0.05) is 24.9 Å². The third-order valence-electron chi connectivity index (χ3n) is 3.55. The van der Waals surface area contributed by atoms with Crippen LogP contribution < -0.4 is 5.73 Å². The van der Waals surface area contributed by atoms with E-state index in [1.54, 1.807) is 12.1 Å². The van der Waals surface area contributed by atoms with E-state index in [0.29, 0.717) is 6.54 Å². The molecule has 0 radical (unpaired) electrons. The van der Waals surface area contributed by atoms with Crippen LogP contribution in [0.5, 0.6) is 0 Å². The quantitative estimate of drug-likeness (QED) is 0.670. The van der Waals surface area contributed by atoms with Crippen molar-refractivity contribution in [3.05, 3.63) is 64.4 Å². The monoisotopic (exact) mass is 270 g/mol. The van der Waals surface area contributed by atoms with E-state index in [0.717, 1.165) is 11.4 Å². The highest BCUT2D eigenvalue weighted by Crippen LogP contribution is 2.33. The normalized spacial score (nSPS) is 23.6. The lowest BCUT2D eigenvalue weighted by molar-refractivity contribution is -0.384. The Bertz CT molecular complexity index is 619. The van der Waals surface area contributed by atoms with Crippen molar-refractivity contribution in [1.29, 1.82) is 0 Å². The predicted octanol–water partition coefficient (Wildman–Crippen LogP) is 1.76. The zero-order valence-corrected chi connectivity index (χ0v) is 10.7. The third kappa shape index (κ3) is 2.00. The number of hydrogen-bond donors (Lipinski definition) is 1. The Morgan fingerprint density at radius 2 is 2.05 bits per heavy atom. The number of allylic oxidation sites excluding steroid dienone is 2. The maximum absolute atomic E-state index is 10.7. The molecule has 102 valence electrons. The number of benzene rings is 1. The zero-order chi connectivity index (χ0) is 14.1. The van der Waals surface area contributed by atoms with Gasteiger partial charge in [-0.2, -0.15) is 0 Å². The Morgan fingerprint density at radius 1 is 1.30 bits per heavy atom. The maximum atomic E-state index is 10.7. The molecular formula is C14H14N4O2. The molecule has 0 spiro atoms. The summed E-state index contributed by atoms with van der Waals surface area (Å²) in [5.74, 6) is 0.881. The molecule has 20 heavy (non-hydrogen) atoms. The van der Waals surface area contributed by atoms with Gasteiger partial charge in [0.15, 0.2) is 0 Å². The fourth-order valence-corrected chi connectivity index (χ4v) is 2.55. The molecular weight excluding hydrogens is 256 g/mol. The van der Waals surface area contributed by atoms with Crippen LogP contribution in [0.15, 0.2) is 53.7 Å². The number of nitro benzene ring substituents is 1. The highest BCUT2D eigenvalue weighted by Gasteiger charge is 2.34. The van der Waals surface area contributed by atoms with Gasteiger partial charge in [-0.3, -0.25) is 15.1 Å². The van der Waals surface area contributed by atoms with Crippen molar-refractivity contribution in [2.75, 3.05) is 6.54 Å². The van der Waals surface area contributed by atoms with Crippen LogP contribution in [0.3, 0.4) is 0 Å². The third-order valence-corrected chi connectivity index (χ3v) is 3.55. The van der Waals surface area contributed by atoms with Crippen LogP contribution in [0, 0.1) is 10.1 Å². The van der Waals surface area contributed by atoms with Crippen LogP contribution in [0.1, 0.15) is 11.6 Å². The Labute approximate surface area is 116 Å². The molecule has 6 heteroatoms. The molecule has 0 unspecified atom stereocenters. The van der Waals surface area contributed by atoms with Crippen molar-refractivity contribution in [1.82, 2.24) is 4.90 Å². The van der Waals surface area contributed by atoms with Gasteiger partial charge in [-0.25, -0.2) is 0 Å². The SMILES string of the molecule is NC[C@H]1[C@@H](c2ccc([N+](=O)[O-])cc2)N=C2C=CC=CN21. The summed E-state index contributed by atoms with van der Waals surface area (Å²) in [7, 11) is 0.